The van der Waals surface area contributed by atoms with Gasteiger partial charge in [-0.3, -0.25) is 28.3 Å². The molecule has 0 spiro atoms. The lowest BCUT2D eigenvalue weighted by Gasteiger charge is -2.38. The first-order valence-electron chi connectivity index (χ1n) is 26.0. The molecule has 6 N–H and O–H groups in total. The predicted molar refractivity (Wildman–Crippen MR) is 309 cm³/mol. The van der Waals surface area contributed by atoms with Gasteiger partial charge in [-0.25, -0.2) is 29.9 Å². The highest BCUT2D eigenvalue weighted by Gasteiger charge is 2.39. The van der Waals surface area contributed by atoms with Crippen molar-refractivity contribution in [2.45, 2.75) is 110 Å². The molecule has 77 heavy (non-hydrogen) atoms. The third-order valence-electron chi connectivity index (χ3n) is 14.8. The van der Waals surface area contributed by atoms with Crippen LogP contribution in [0.5, 0.6) is 0 Å². The quantitative estimate of drug-likeness (QED) is 0.0544. The third-order valence-corrected chi connectivity index (χ3v) is 23.9. The van der Waals surface area contributed by atoms with Crippen molar-refractivity contribution in [1.29, 1.82) is 0 Å². The summed E-state index contributed by atoms with van der Waals surface area (Å²) in [6.45, 7) is 27.1. The Bertz CT molecular complexity index is 2800. The number of primary amides is 1. The lowest BCUT2D eigenvalue weighted by Crippen LogP contribution is -2.54. The van der Waals surface area contributed by atoms with E-state index < -0.39 is 16.6 Å². The molecule has 6 aromatic rings. The van der Waals surface area contributed by atoms with Crippen molar-refractivity contribution in [3.8, 4) is 34.2 Å². The van der Waals surface area contributed by atoms with Crippen LogP contribution in [-0.4, -0.2) is 119 Å². The number of amides is 1. The first-order chi connectivity index (χ1) is 35.9. The Morgan fingerprint density at radius 1 is 0.610 bits per heavy atom. The van der Waals surface area contributed by atoms with Crippen LogP contribution in [0.4, 0.5) is 11.6 Å². The maximum absolute atomic E-state index is 13.5. The summed E-state index contributed by atoms with van der Waals surface area (Å²) in [5, 5.41) is 7.31. The summed E-state index contributed by atoms with van der Waals surface area (Å²) in [5.74, 6) is 1.49. The summed E-state index contributed by atoms with van der Waals surface area (Å²) >= 11 is 0. The van der Waals surface area contributed by atoms with E-state index in [0.717, 1.165) is 53.8 Å². The molecule has 0 atom stereocenters. The lowest BCUT2D eigenvalue weighted by atomic mass is 9.96. The summed E-state index contributed by atoms with van der Waals surface area (Å²) in [6.07, 6.45) is 13.4. The van der Waals surface area contributed by atoms with Gasteiger partial charge in [-0.1, -0.05) is 41.5 Å². The number of hydrogen-bond donors (Lipinski definition) is 3. The Morgan fingerprint density at radius 3 is 1.26 bits per heavy atom. The Balaban J connectivity index is 0.000000272. The molecule has 6 heterocycles. The summed E-state index contributed by atoms with van der Waals surface area (Å²) in [4.78, 5) is 80.6. The molecule has 414 valence electrons. The molecule has 0 radical (unpaired) electrons. The zero-order chi connectivity index (χ0) is 55.6. The number of hydrogen-bond acceptors (Lipinski definition) is 16. The van der Waals surface area contributed by atoms with Crippen molar-refractivity contribution in [1.82, 2.24) is 45.2 Å². The molecule has 2 aliphatic rings. The second-order valence-corrected chi connectivity index (χ2v) is 32.0. The van der Waals surface area contributed by atoms with Crippen LogP contribution >= 0.6 is 0 Å². The van der Waals surface area contributed by atoms with Crippen molar-refractivity contribution in [2.24, 2.45) is 17.6 Å². The van der Waals surface area contributed by atoms with Crippen LogP contribution in [0.2, 0.25) is 36.3 Å². The third kappa shape index (κ3) is 15.3. The van der Waals surface area contributed by atoms with E-state index in [2.05, 4.69) is 87.7 Å². The predicted octanol–water partition coefficient (Wildman–Crippen LogP) is 8.01. The van der Waals surface area contributed by atoms with Gasteiger partial charge in [-0.05, 0) is 130 Å². The minimum atomic E-state index is -1.83. The topological polar surface area (TPSA) is 262 Å². The first-order valence-corrected chi connectivity index (χ1v) is 31.8. The van der Waals surface area contributed by atoms with Gasteiger partial charge >= 0.3 is 0 Å². The first kappa shape index (κ1) is 61.2. The molecule has 0 unspecified atom stereocenters. The van der Waals surface area contributed by atoms with Crippen LogP contribution in [0.15, 0.2) is 107 Å². The molecule has 0 saturated carbocycles. The van der Waals surface area contributed by atoms with Gasteiger partial charge in [-0.15, -0.1) is 0 Å². The highest BCUT2D eigenvalue weighted by molar-refractivity contribution is 6.74. The number of nitrogens with zero attached hydrogens (tertiary/aromatic N) is 10. The van der Waals surface area contributed by atoms with Crippen molar-refractivity contribution < 1.29 is 23.5 Å². The van der Waals surface area contributed by atoms with E-state index in [1.54, 1.807) is 59.2 Å². The molecular weight excluding hydrogens is 1010 g/mol. The molecule has 2 fully saturated rings. The van der Waals surface area contributed by atoms with Crippen molar-refractivity contribution in [3.63, 3.8) is 0 Å². The Kier molecular flexibility index (Phi) is 20.8. The number of aliphatic hydroxyl groups is 1. The number of rotatable bonds is 18. The fourth-order valence-electron chi connectivity index (χ4n) is 7.87. The standard InChI is InChI=1S/C28H37N5O3Si.C27H36N6O3Si.CH4O.H3N/c1-20(34)22-17-32(18-22)26-27(35)33(24-12-10-21(11-13-24)25-29-14-8-15-30-25)19-23(31-26)9-7-16-36-37(5,6)28(2,3)4;1-27(2,3)37(4,5)36-15-6-8-21-18-33(26(35)25(31-21)32-16-20(17-32)23(28)34)22-11-9-19(10-12-22)24-29-13-7-14-30-24;1-2;/h8,10-15,19,22H,7,9,16-18H2,1-6H3;7,9-14,18,20H,6,8,15-17H2,1-5H3,(H2,28,34);2H,1H3;1H3. The van der Waals surface area contributed by atoms with Gasteiger partial charge in [-0.2, -0.15) is 0 Å². The minimum absolute atomic E-state index is 0. The number of anilines is 2. The van der Waals surface area contributed by atoms with Gasteiger partial charge < -0.3 is 35.6 Å². The van der Waals surface area contributed by atoms with Crippen molar-refractivity contribution in [3.05, 3.63) is 130 Å². The van der Waals surface area contributed by atoms with E-state index in [0.29, 0.717) is 75.5 Å². The largest absolute Gasteiger partial charge is 0.417 e. The van der Waals surface area contributed by atoms with Gasteiger partial charge in [0.2, 0.25) is 5.91 Å². The maximum Gasteiger partial charge on any atom is 0.298 e. The summed E-state index contributed by atoms with van der Waals surface area (Å²) in [7, 11) is -2.65. The van der Waals surface area contributed by atoms with Crippen LogP contribution in [0, 0.1) is 11.8 Å². The zero-order valence-electron chi connectivity index (χ0n) is 47.1. The lowest BCUT2D eigenvalue weighted by molar-refractivity contribution is -0.122. The number of nitrogens with two attached hydrogens (primary N) is 1. The Hall–Kier alpha value is -6.63. The Morgan fingerprint density at radius 2 is 0.948 bits per heavy atom. The normalized spacial score (nSPS) is 14.0. The van der Waals surface area contributed by atoms with Crippen LogP contribution in [0.3, 0.4) is 0 Å². The number of carbonyl (C=O) groups is 2. The van der Waals surface area contributed by atoms with Crippen molar-refractivity contribution in [2.75, 3.05) is 56.3 Å². The summed E-state index contributed by atoms with van der Waals surface area (Å²) in [5.41, 5.74) is 9.86. The highest BCUT2D eigenvalue weighted by Crippen LogP contribution is 2.38. The van der Waals surface area contributed by atoms with E-state index in [1.165, 1.54) is 0 Å². The molecule has 0 aliphatic carbocycles. The molecule has 1 amide bonds. The molecule has 21 heteroatoms. The van der Waals surface area contributed by atoms with E-state index in [-0.39, 0.29) is 50.9 Å². The van der Waals surface area contributed by atoms with Crippen LogP contribution in [0.25, 0.3) is 34.2 Å². The molecule has 19 nitrogen and oxygen atoms in total. The van der Waals surface area contributed by atoms with E-state index in [1.807, 2.05) is 64.5 Å². The average Bonchev–Trinajstić information content (AvgIpc) is 3.35. The molecule has 2 aromatic carbocycles. The second-order valence-electron chi connectivity index (χ2n) is 22.3. The molecule has 4 aromatic heterocycles. The SMILES string of the molecule is CC(=O)C1CN(c2nc(CCCO[Si](C)(C)C(C)(C)C)cn(-c3ccc(-c4ncccn4)cc3)c2=O)C1.CC(C)(C)[Si](C)(C)OCCCc1cn(-c2ccc(-c3ncccn3)cc2)c(=O)c(N2CC(C(N)=O)C2)n1.CO.N. The van der Waals surface area contributed by atoms with E-state index >= 15 is 0 Å². The molecule has 2 saturated heterocycles. The molecular formula is C56H80N12O7Si2. The molecule has 2 aliphatic heterocycles. The van der Waals surface area contributed by atoms with Gasteiger partial charge in [0.05, 0.1) is 23.2 Å². The van der Waals surface area contributed by atoms with E-state index in [9.17, 15) is 19.2 Å². The van der Waals surface area contributed by atoms with Gasteiger partial charge in [0.15, 0.2) is 39.9 Å². The number of ketones is 1. The zero-order valence-corrected chi connectivity index (χ0v) is 49.1. The van der Waals surface area contributed by atoms with Crippen molar-refractivity contribution >= 4 is 40.0 Å². The van der Waals surface area contributed by atoms with Crippen LogP contribution < -0.4 is 32.8 Å². The van der Waals surface area contributed by atoms with Gasteiger partial charge in [0, 0.05) is 106 Å². The smallest absolute Gasteiger partial charge is 0.298 e. The maximum atomic E-state index is 13.5. The number of Topliss-reactive ketones (excluding diaryl/α,β-unsaturated/α-hetero) is 1. The monoisotopic (exact) mass is 1090 g/mol. The second kappa shape index (κ2) is 26.1. The fraction of sp³-hybridized carbons (Fsp3) is 0.464. The van der Waals surface area contributed by atoms with Crippen LogP contribution in [0.1, 0.15) is 72.7 Å². The number of aliphatic hydroxyl groups excluding tert-OH is 1. The Labute approximate surface area is 455 Å². The minimum Gasteiger partial charge on any atom is -0.417 e. The molecule has 0 bridgehead atoms. The summed E-state index contributed by atoms with van der Waals surface area (Å²) in [6, 6.07) is 18.7. The number of aryl methyl sites for hydroxylation is 2. The average molecular weight is 1090 g/mol. The summed E-state index contributed by atoms with van der Waals surface area (Å²) < 4.78 is 16.0. The van der Waals surface area contributed by atoms with Gasteiger partial charge in [0.25, 0.3) is 11.1 Å². The van der Waals surface area contributed by atoms with E-state index in [4.69, 9.17) is 29.7 Å². The highest BCUT2D eigenvalue weighted by atomic mass is 28.4. The van der Waals surface area contributed by atoms with Gasteiger partial charge in [0.1, 0.15) is 5.78 Å². The fourth-order valence-corrected chi connectivity index (χ4v) is 10.0. The number of aromatic nitrogens is 8. The number of benzene rings is 2. The van der Waals surface area contributed by atoms with Crippen LogP contribution in [-0.2, 0) is 31.3 Å². The number of carbonyl (C=O) groups excluding carboxylic acids is 2. The molecule has 8 rings (SSSR count).